The molecule has 1 fully saturated rings. The molecule has 0 saturated carbocycles. The Labute approximate surface area is 151 Å². The van der Waals surface area contributed by atoms with Crippen molar-refractivity contribution in [1.29, 1.82) is 0 Å². The molecule has 0 spiro atoms. The standard InChI is InChI=1S/C20H18ClNO3/c21-15-9-7-13(8-10-15)17-6-3-11-22(17)19(23)18-12-14-4-1-2-5-16(14)20(24)25-18/h1-2,4-5,7-10,17-18H,3,6,11-12H2. The first-order chi connectivity index (χ1) is 12.1. The Morgan fingerprint density at radius 3 is 2.68 bits per heavy atom. The maximum absolute atomic E-state index is 13.0. The molecule has 0 N–H and O–H groups in total. The summed E-state index contributed by atoms with van der Waals surface area (Å²) in [5.41, 5.74) is 2.50. The summed E-state index contributed by atoms with van der Waals surface area (Å²) in [7, 11) is 0. The summed E-state index contributed by atoms with van der Waals surface area (Å²) in [6, 6.07) is 14.9. The van der Waals surface area contributed by atoms with Crippen LogP contribution >= 0.6 is 11.6 Å². The Hall–Kier alpha value is -2.33. The van der Waals surface area contributed by atoms with Gasteiger partial charge >= 0.3 is 5.97 Å². The smallest absolute Gasteiger partial charge is 0.339 e. The van der Waals surface area contributed by atoms with Gasteiger partial charge < -0.3 is 9.64 Å². The number of ether oxygens (including phenoxy) is 1. The quantitative estimate of drug-likeness (QED) is 0.770. The van der Waals surface area contributed by atoms with E-state index in [-0.39, 0.29) is 11.9 Å². The number of likely N-dealkylation sites (tertiary alicyclic amines) is 1. The molecule has 128 valence electrons. The maximum atomic E-state index is 13.0. The number of carbonyl (C=O) groups is 2. The van der Waals surface area contributed by atoms with Crippen LogP contribution in [0.2, 0.25) is 5.02 Å². The van der Waals surface area contributed by atoms with Crippen molar-refractivity contribution in [3.8, 4) is 0 Å². The minimum Gasteiger partial charge on any atom is -0.448 e. The zero-order valence-corrected chi connectivity index (χ0v) is 14.4. The molecule has 1 amide bonds. The van der Waals surface area contributed by atoms with Gasteiger partial charge in [-0.1, -0.05) is 41.9 Å². The van der Waals surface area contributed by atoms with Gasteiger partial charge in [0.2, 0.25) is 0 Å². The zero-order valence-electron chi connectivity index (χ0n) is 13.7. The average molecular weight is 356 g/mol. The number of halogens is 1. The number of nitrogens with zero attached hydrogens (tertiary/aromatic N) is 1. The fourth-order valence-electron chi connectivity index (χ4n) is 3.72. The largest absolute Gasteiger partial charge is 0.448 e. The summed E-state index contributed by atoms with van der Waals surface area (Å²) >= 11 is 5.96. The van der Waals surface area contributed by atoms with Crippen LogP contribution < -0.4 is 0 Å². The number of hydrogen-bond donors (Lipinski definition) is 0. The summed E-state index contributed by atoms with van der Waals surface area (Å²) < 4.78 is 5.44. The van der Waals surface area contributed by atoms with Crippen LogP contribution in [0.15, 0.2) is 48.5 Å². The second-order valence-electron chi connectivity index (χ2n) is 6.50. The molecule has 2 atom stereocenters. The van der Waals surface area contributed by atoms with E-state index in [0.717, 1.165) is 24.0 Å². The highest BCUT2D eigenvalue weighted by Crippen LogP contribution is 2.34. The highest BCUT2D eigenvalue weighted by Gasteiger charge is 2.38. The minimum atomic E-state index is -0.740. The Morgan fingerprint density at radius 2 is 1.88 bits per heavy atom. The molecule has 4 rings (SSSR count). The molecule has 0 aliphatic carbocycles. The normalized spacial score (nSPS) is 22.4. The van der Waals surface area contributed by atoms with E-state index in [9.17, 15) is 9.59 Å². The third kappa shape index (κ3) is 3.02. The van der Waals surface area contributed by atoms with Crippen molar-refractivity contribution in [2.24, 2.45) is 0 Å². The molecule has 0 bridgehead atoms. The van der Waals surface area contributed by atoms with Crippen LogP contribution in [0.1, 0.15) is 40.4 Å². The SMILES string of the molecule is O=C1OC(C(=O)N2CCCC2c2ccc(Cl)cc2)Cc2ccccc21. The molecule has 4 nitrogen and oxygen atoms in total. The topological polar surface area (TPSA) is 46.6 Å². The van der Waals surface area contributed by atoms with Gasteiger partial charge in [0.05, 0.1) is 11.6 Å². The first-order valence-electron chi connectivity index (χ1n) is 8.48. The lowest BCUT2D eigenvalue weighted by molar-refractivity contribution is -0.142. The first kappa shape index (κ1) is 16.2. The lowest BCUT2D eigenvalue weighted by Gasteiger charge is -2.31. The molecule has 0 radical (unpaired) electrons. The molecule has 2 aromatic carbocycles. The van der Waals surface area contributed by atoms with Crippen molar-refractivity contribution in [1.82, 2.24) is 4.90 Å². The molecule has 2 aliphatic rings. The molecule has 2 unspecified atom stereocenters. The molecule has 2 aliphatic heterocycles. The maximum Gasteiger partial charge on any atom is 0.339 e. The zero-order chi connectivity index (χ0) is 17.4. The average Bonchev–Trinajstić information content (AvgIpc) is 3.11. The van der Waals surface area contributed by atoms with E-state index in [1.165, 1.54) is 0 Å². The summed E-state index contributed by atoms with van der Waals surface area (Å²) in [6.45, 7) is 0.682. The molecule has 5 heteroatoms. The highest BCUT2D eigenvalue weighted by atomic mass is 35.5. The van der Waals surface area contributed by atoms with Gasteiger partial charge in [-0.15, -0.1) is 0 Å². The minimum absolute atomic E-state index is 0.0145. The first-order valence-corrected chi connectivity index (χ1v) is 8.86. The fourth-order valence-corrected chi connectivity index (χ4v) is 3.84. The van der Waals surface area contributed by atoms with E-state index in [1.807, 2.05) is 41.3 Å². The fraction of sp³-hybridized carbons (Fsp3) is 0.300. The number of amides is 1. The summed E-state index contributed by atoms with van der Waals surface area (Å²) in [6.07, 6.45) is 1.54. The van der Waals surface area contributed by atoms with Gasteiger partial charge in [-0.2, -0.15) is 0 Å². The summed E-state index contributed by atoms with van der Waals surface area (Å²) in [5, 5.41) is 0.678. The number of carbonyl (C=O) groups excluding carboxylic acids is 2. The van der Waals surface area contributed by atoms with Gasteiger partial charge in [-0.25, -0.2) is 4.79 Å². The lowest BCUT2D eigenvalue weighted by Crippen LogP contribution is -2.44. The highest BCUT2D eigenvalue weighted by molar-refractivity contribution is 6.30. The van der Waals surface area contributed by atoms with E-state index in [1.54, 1.807) is 12.1 Å². The Kier molecular flexibility index (Phi) is 4.22. The monoisotopic (exact) mass is 355 g/mol. The van der Waals surface area contributed by atoms with E-state index >= 15 is 0 Å². The Morgan fingerprint density at radius 1 is 1.12 bits per heavy atom. The van der Waals surface area contributed by atoms with Crippen LogP contribution in [-0.2, 0) is 16.0 Å². The van der Waals surface area contributed by atoms with Crippen LogP contribution in [0, 0.1) is 0 Å². The van der Waals surface area contributed by atoms with E-state index in [4.69, 9.17) is 16.3 Å². The lowest BCUT2D eigenvalue weighted by atomic mass is 9.97. The van der Waals surface area contributed by atoms with Crippen molar-refractivity contribution in [2.45, 2.75) is 31.4 Å². The summed E-state index contributed by atoms with van der Waals surface area (Å²) in [5.74, 6) is -0.525. The van der Waals surface area contributed by atoms with Gasteiger partial charge in [0, 0.05) is 18.0 Å². The number of rotatable bonds is 2. The number of cyclic esters (lactones) is 1. The molecular weight excluding hydrogens is 338 g/mol. The van der Waals surface area contributed by atoms with Gasteiger partial charge in [-0.05, 0) is 42.2 Å². The van der Waals surface area contributed by atoms with Crippen LogP contribution in [0.25, 0.3) is 0 Å². The van der Waals surface area contributed by atoms with Crippen molar-refractivity contribution >= 4 is 23.5 Å². The molecule has 25 heavy (non-hydrogen) atoms. The molecule has 2 aromatic rings. The Bertz CT molecular complexity index is 818. The van der Waals surface area contributed by atoms with Gasteiger partial charge in [0.15, 0.2) is 6.10 Å². The van der Waals surface area contributed by atoms with Crippen LogP contribution in [0.5, 0.6) is 0 Å². The van der Waals surface area contributed by atoms with Crippen LogP contribution in [0.4, 0.5) is 0 Å². The Balaban J connectivity index is 1.56. The summed E-state index contributed by atoms with van der Waals surface area (Å²) in [4.78, 5) is 27.1. The number of esters is 1. The number of fused-ring (bicyclic) bond motifs is 1. The molecule has 0 aromatic heterocycles. The third-order valence-electron chi connectivity index (χ3n) is 4.96. The van der Waals surface area contributed by atoms with Crippen molar-refractivity contribution < 1.29 is 14.3 Å². The predicted molar refractivity (Wildman–Crippen MR) is 94.5 cm³/mol. The van der Waals surface area contributed by atoms with E-state index in [2.05, 4.69) is 0 Å². The molecular formula is C20H18ClNO3. The van der Waals surface area contributed by atoms with Gasteiger partial charge in [-0.3, -0.25) is 4.79 Å². The molecule has 1 saturated heterocycles. The second kappa shape index (κ2) is 6.52. The van der Waals surface area contributed by atoms with E-state index in [0.29, 0.717) is 23.6 Å². The van der Waals surface area contributed by atoms with Gasteiger partial charge in [0.1, 0.15) is 0 Å². The van der Waals surface area contributed by atoms with Crippen molar-refractivity contribution in [2.75, 3.05) is 6.54 Å². The van der Waals surface area contributed by atoms with Gasteiger partial charge in [0.25, 0.3) is 5.91 Å². The molecule has 2 heterocycles. The second-order valence-corrected chi connectivity index (χ2v) is 6.93. The van der Waals surface area contributed by atoms with Crippen molar-refractivity contribution in [3.63, 3.8) is 0 Å². The van der Waals surface area contributed by atoms with Crippen LogP contribution in [-0.4, -0.2) is 29.4 Å². The predicted octanol–water partition coefficient (Wildman–Crippen LogP) is 3.79. The van der Waals surface area contributed by atoms with E-state index < -0.39 is 12.1 Å². The van der Waals surface area contributed by atoms with Crippen molar-refractivity contribution in [3.05, 3.63) is 70.2 Å². The van der Waals surface area contributed by atoms with Crippen LogP contribution in [0.3, 0.4) is 0 Å². The number of hydrogen-bond acceptors (Lipinski definition) is 3. The third-order valence-corrected chi connectivity index (χ3v) is 5.21. The number of benzene rings is 2.